The quantitative estimate of drug-likeness (QED) is 0.668. The summed E-state index contributed by atoms with van der Waals surface area (Å²) in [6.07, 6.45) is 1.07. The van der Waals surface area contributed by atoms with E-state index in [1.54, 1.807) is 18.2 Å². The zero-order valence-corrected chi connectivity index (χ0v) is 14.3. The normalized spacial score (nSPS) is 9.86. The van der Waals surface area contributed by atoms with Gasteiger partial charge in [-0.25, -0.2) is 0 Å². The van der Waals surface area contributed by atoms with Crippen molar-refractivity contribution >= 4 is 41.5 Å². The number of benzene rings is 1. The highest BCUT2D eigenvalue weighted by Crippen LogP contribution is 2.31. The van der Waals surface area contributed by atoms with E-state index in [1.807, 2.05) is 6.92 Å². The van der Waals surface area contributed by atoms with E-state index in [0.29, 0.717) is 41.8 Å². The molecule has 120 valence electrons. The summed E-state index contributed by atoms with van der Waals surface area (Å²) in [4.78, 5) is 11.5. The average Bonchev–Trinajstić information content (AvgIpc) is 2.44. The lowest BCUT2D eigenvalue weighted by Crippen LogP contribution is -2.31. The van der Waals surface area contributed by atoms with Gasteiger partial charge in [0.15, 0.2) is 0 Å². The van der Waals surface area contributed by atoms with Crippen molar-refractivity contribution in [2.75, 3.05) is 26.2 Å². The predicted molar refractivity (Wildman–Crippen MR) is 90.0 cm³/mol. The zero-order valence-electron chi connectivity index (χ0n) is 12.0. The van der Waals surface area contributed by atoms with Crippen LogP contribution in [-0.2, 0) is 4.79 Å². The van der Waals surface area contributed by atoms with E-state index in [2.05, 4.69) is 10.6 Å². The van der Waals surface area contributed by atoms with Crippen LogP contribution in [0.2, 0.25) is 10.0 Å². The van der Waals surface area contributed by atoms with Crippen LogP contribution < -0.4 is 15.4 Å². The molecule has 0 fully saturated rings. The van der Waals surface area contributed by atoms with Crippen LogP contribution in [0.1, 0.15) is 19.8 Å². The molecular formula is C14H21Cl3N2O2. The lowest BCUT2D eigenvalue weighted by molar-refractivity contribution is -0.121. The van der Waals surface area contributed by atoms with Crippen molar-refractivity contribution in [3.05, 3.63) is 28.2 Å². The van der Waals surface area contributed by atoms with Crippen molar-refractivity contribution in [1.29, 1.82) is 0 Å². The van der Waals surface area contributed by atoms with E-state index in [1.165, 1.54) is 0 Å². The molecule has 0 radical (unpaired) electrons. The highest BCUT2D eigenvalue weighted by molar-refractivity contribution is 6.42. The highest BCUT2D eigenvalue weighted by Gasteiger charge is 2.06. The summed E-state index contributed by atoms with van der Waals surface area (Å²) in [6, 6.07) is 5.23. The van der Waals surface area contributed by atoms with Gasteiger partial charge in [-0.2, -0.15) is 0 Å². The molecule has 7 heteroatoms. The highest BCUT2D eigenvalue weighted by atomic mass is 35.5. The van der Waals surface area contributed by atoms with Crippen LogP contribution in [0.4, 0.5) is 0 Å². The molecule has 0 bridgehead atoms. The second kappa shape index (κ2) is 11.9. The van der Waals surface area contributed by atoms with Crippen molar-refractivity contribution in [3.63, 3.8) is 0 Å². The average molecular weight is 356 g/mol. The minimum Gasteiger partial charge on any atom is -0.492 e. The van der Waals surface area contributed by atoms with Gasteiger partial charge in [-0.15, -0.1) is 12.4 Å². The number of carbonyl (C=O) groups excluding carboxylic acids is 1. The molecule has 1 rings (SSSR count). The van der Waals surface area contributed by atoms with E-state index in [9.17, 15) is 4.79 Å². The first-order valence-corrected chi connectivity index (χ1v) is 7.45. The smallest absolute Gasteiger partial charge is 0.220 e. The molecule has 0 aliphatic carbocycles. The van der Waals surface area contributed by atoms with Crippen LogP contribution in [0.15, 0.2) is 18.2 Å². The van der Waals surface area contributed by atoms with Crippen molar-refractivity contribution in [2.24, 2.45) is 0 Å². The van der Waals surface area contributed by atoms with Crippen molar-refractivity contribution in [1.82, 2.24) is 10.6 Å². The van der Waals surface area contributed by atoms with Gasteiger partial charge in [0, 0.05) is 19.5 Å². The van der Waals surface area contributed by atoms with Crippen molar-refractivity contribution in [2.45, 2.75) is 19.8 Å². The lowest BCUT2D eigenvalue weighted by Gasteiger charge is -2.09. The molecule has 1 amide bonds. The maximum absolute atomic E-state index is 11.5. The first-order chi connectivity index (χ1) is 9.65. The maximum Gasteiger partial charge on any atom is 0.220 e. The van der Waals surface area contributed by atoms with Crippen molar-refractivity contribution < 1.29 is 9.53 Å². The molecular weight excluding hydrogens is 335 g/mol. The first-order valence-electron chi connectivity index (χ1n) is 6.69. The Labute approximate surface area is 141 Å². The van der Waals surface area contributed by atoms with Crippen LogP contribution in [0, 0.1) is 0 Å². The van der Waals surface area contributed by atoms with Gasteiger partial charge in [0.2, 0.25) is 5.91 Å². The molecule has 0 aromatic heterocycles. The standard InChI is InChI=1S/C14H20Cl2N2O2.ClH/c1-2-17-8-9-18-13(19)7-4-10-20-12-6-3-5-11(15)14(12)16;/h3,5-6,17H,2,4,7-10H2,1H3,(H,18,19);1H. The number of amides is 1. The summed E-state index contributed by atoms with van der Waals surface area (Å²) in [5, 5.41) is 6.84. The first kappa shape index (κ1) is 20.3. The molecule has 0 saturated carbocycles. The zero-order chi connectivity index (χ0) is 14.8. The van der Waals surface area contributed by atoms with Gasteiger partial charge in [0.1, 0.15) is 10.8 Å². The third-order valence-corrected chi connectivity index (χ3v) is 3.40. The van der Waals surface area contributed by atoms with Gasteiger partial charge < -0.3 is 15.4 Å². The van der Waals surface area contributed by atoms with Gasteiger partial charge in [0.25, 0.3) is 0 Å². The van der Waals surface area contributed by atoms with Gasteiger partial charge in [-0.1, -0.05) is 36.2 Å². The summed E-state index contributed by atoms with van der Waals surface area (Å²) < 4.78 is 5.50. The third-order valence-electron chi connectivity index (χ3n) is 2.60. The Balaban J connectivity index is 0.00000400. The molecule has 0 unspecified atom stereocenters. The van der Waals surface area contributed by atoms with Gasteiger partial charge in [0.05, 0.1) is 11.6 Å². The molecule has 2 N–H and O–H groups in total. The molecule has 0 aliphatic rings. The monoisotopic (exact) mass is 354 g/mol. The van der Waals surface area contributed by atoms with E-state index in [4.69, 9.17) is 27.9 Å². The maximum atomic E-state index is 11.5. The SMILES string of the molecule is CCNCCNC(=O)CCCOc1cccc(Cl)c1Cl.Cl. The fourth-order valence-electron chi connectivity index (χ4n) is 1.57. The summed E-state index contributed by atoms with van der Waals surface area (Å²) in [5.74, 6) is 0.579. The predicted octanol–water partition coefficient (Wildman–Crippen LogP) is 3.30. The van der Waals surface area contributed by atoms with Gasteiger partial charge >= 0.3 is 0 Å². The van der Waals surface area contributed by atoms with E-state index < -0.39 is 0 Å². The molecule has 21 heavy (non-hydrogen) atoms. The summed E-state index contributed by atoms with van der Waals surface area (Å²) in [5.41, 5.74) is 0. The fourth-order valence-corrected chi connectivity index (χ4v) is 1.91. The molecule has 0 aliphatic heterocycles. The minimum atomic E-state index is 0. The number of rotatable bonds is 9. The number of halogens is 3. The number of nitrogens with one attached hydrogen (secondary N) is 2. The Bertz CT molecular complexity index is 431. The van der Waals surface area contributed by atoms with Crippen LogP contribution in [0.25, 0.3) is 0 Å². The molecule has 1 aromatic rings. The second-order valence-electron chi connectivity index (χ2n) is 4.21. The fraction of sp³-hybridized carbons (Fsp3) is 0.500. The lowest BCUT2D eigenvalue weighted by atomic mass is 10.3. The minimum absolute atomic E-state index is 0. The van der Waals surface area contributed by atoms with Crippen LogP contribution in [-0.4, -0.2) is 32.1 Å². The van der Waals surface area contributed by atoms with Gasteiger partial charge in [-0.05, 0) is 25.1 Å². The Kier molecular flexibility index (Phi) is 11.5. The largest absolute Gasteiger partial charge is 0.492 e. The second-order valence-corrected chi connectivity index (χ2v) is 4.99. The number of ether oxygens (including phenoxy) is 1. The Morgan fingerprint density at radius 2 is 2.05 bits per heavy atom. The number of likely N-dealkylation sites (N-methyl/N-ethyl adjacent to an activating group) is 1. The van der Waals surface area contributed by atoms with Crippen LogP contribution >= 0.6 is 35.6 Å². The summed E-state index contributed by atoms with van der Waals surface area (Å²) in [6.45, 7) is 4.80. The van der Waals surface area contributed by atoms with Crippen LogP contribution in [0.3, 0.4) is 0 Å². The number of carbonyl (C=O) groups is 1. The Morgan fingerprint density at radius 1 is 1.29 bits per heavy atom. The topological polar surface area (TPSA) is 50.4 Å². The molecule has 0 atom stereocenters. The molecule has 0 saturated heterocycles. The molecule has 0 heterocycles. The molecule has 4 nitrogen and oxygen atoms in total. The summed E-state index contributed by atoms with van der Waals surface area (Å²) >= 11 is 11.9. The van der Waals surface area contributed by atoms with E-state index in [0.717, 1.165) is 13.1 Å². The van der Waals surface area contributed by atoms with Crippen molar-refractivity contribution in [3.8, 4) is 5.75 Å². The van der Waals surface area contributed by atoms with Gasteiger partial charge in [-0.3, -0.25) is 4.79 Å². The molecule has 0 spiro atoms. The Hall–Kier alpha value is -0.680. The summed E-state index contributed by atoms with van der Waals surface area (Å²) in [7, 11) is 0. The third kappa shape index (κ3) is 8.37. The molecule has 1 aromatic carbocycles. The Morgan fingerprint density at radius 3 is 2.76 bits per heavy atom. The number of hydrogen-bond acceptors (Lipinski definition) is 3. The van der Waals surface area contributed by atoms with E-state index >= 15 is 0 Å². The van der Waals surface area contributed by atoms with E-state index in [-0.39, 0.29) is 18.3 Å². The van der Waals surface area contributed by atoms with Crippen LogP contribution in [0.5, 0.6) is 5.75 Å². The number of hydrogen-bond donors (Lipinski definition) is 2.